The van der Waals surface area contributed by atoms with Crippen LogP contribution in [0.2, 0.25) is 0 Å². The second kappa shape index (κ2) is 9.08. The maximum Gasteiger partial charge on any atom is 0.306 e. The number of esters is 1. The minimum absolute atomic E-state index is 0.00237. The fourth-order valence-electron chi connectivity index (χ4n) is 3.76. The maximum atomic E-state index is 12.2. The Hall–Kier alpha value is -1.02. The number of ether oxygens (including phenoxy) is 1. The Morgan fingerprint density at radius 2 is 2.16 bits per heavy atom. The highest BCUT2D eigenvalue weighted by molar-refractivity contribution is 8.24. The van der Waals surface area contributed by atoms with Gasteiger partial charge in [0.1, 0.15) is 6.10 Å². The Morgan fingerprint density at radius 1 is 1.36 bits per heavy atom. The lowest BCUT2D eigenvalue weighted by atomic mass is 9.92. The number of carbonyl (C=O) groups is 2. The van der Waals surface area contributed by atoms with Gasteiger partial charge in [0.05, 0.1) is 6.42 Å². The summed E-state index contributed by atoms with van der Waals surface area (Å²) in [6, 6.07) is 10.0. The summed E-state index contributed by atoms with van der Waals surface area (Å²) in [6.45, 7) is 0. The lowest BCUT2D eigenvalue weighted by Gasteiger charge is -2.19. The van der Waals surface area contributed by atoms with Crippen LogP contribution in [0, 0.1) is 11.8 Å². The molecule has 0 radical (unpaired) electrons. The minimum atomic E-state index is -0.116. The summed E-state index contributed by atoms with van der Waals surface area (Å²) in [5.41, 5.74) is 1.59. The van der Waals surface area contributed by atoms with Crippen LogP contribution < -0.4 is 0 Å². The van der Waals surface area contributed by atoms with Gasteiger partial charge in [-0.3, -0.25) is 9.59 Å². The van der Waals surface area contributed by atoms with Crippen molar-refractivity contribution in [2.75, 3.05) is 0 Å². The molecule has 0 spiro atoms. The van der Waals surface area contributed by atoms with Gasteiger partial charge in [-0.25, -0.2) is 0 Å². The molecule has 4 nitrogen and oxygen atoms in total. The summed E-state index contributed by atoms with van der Waals surface area (Å²) in [5, 5.41) is 9.12. The van der Waals surface area contributed by atoms with E-state index in [0.717, 1.165) is 12.8 Å². The normalized spacial score (nSPS) is 29.1. The first-order valence-electron chi connectivity index (χ1n) is 8.71. The standard InChI is InChI=1S/C18H23BO4P2/c20-13(7-6-12-4-2-1-3-5-12)8-9-14-15-10-18(21)23-16(15)11-17(14)24-25-19-22/h1-5,8-9,14-17,19,22,24-25H,6-7,10-11H2/b9-8+/t14-,15-,16+,17-/m1/s1. The lowest BCUT2D eigenvalue weighted by molar-refractivity contribution is -0.141. The van der Waals surface area contributed by atoms with Crippen LogP contribution in [0.4, 0.5) is 0 Å². The van der Waals surface area contributed by atoms with Crippen molar-refractivity contribution < 1.29 is 19.3 Å². The van der Waals surface area contributed by atoms with Crippen LogP contribution in [0.5, 0.6) is 0 Å². The molecule has 0 bridgehead atoms. The third kappa shape index (κ3) is 5.00. The van der Waals surface area contributed by atoms with Crippen molar-refractivity contribution in [1.82, 2.24) is 0 Å². The van der Waals surface area contributed by atoms with Crippen molar-refractivity contribution in [3.8, 4) is 0 Å². The first-order chi connectivity index (χ1) is 12.2. The van der Waals surface area contributed by atoms with E-state index in [9.17, 15) is 9.59 Å². The van der Waals surface area contributed by atoms with E-state index in [4.69, 9.17) is 9.76 Å². The molecule has 1 saturated carbocycles. The Morgan fingerprint density at radius 3 is 2.92 bits per heavy atom. The van der Waals surface area contributed by atoms with Gasteiger partial charge in [0.25, 0.3) is 0 Å². The first kappa shape index (κ1) is 18.8. The zero-order valence-electron chi connectivity index (χ0n) is 14.1. The SMILES string of the molecule is O=C(/C=C/[C@@H]1[C@H]2CC(=O)O[C@H]2C[C@H]1PPBO)CCc1ccccc1. The van der Waals surface area contributed by atoms with Gasteiger partial charge >= 0.3 is 13.2 Å². The second-order valence-electron chi connectivity index (χ2n) is 6.61. The molecule has 0 amide bonds. The highest BCUT2D eigenvalue weighted by Crippen LogP contribution is 2.54. The lowest BCUT2D eigenvalue weighted by Crippen LogP contribution is -2.15. The Kier molecular flexibility index (Phi) is 6.81. The molecule has 132 valence electrons. The average molecular weight is 376 g/mol. The van der Waals surface area contributed by atoms with Crippen LogP contribution in [0.15, 0.2) is 42.5 Å². The van der Waals surface area contributed by atoms with Crippen molar-refractivity contribution >= 4 is 35.4 Å². The Bertz CT molecular complexity index is 637. The van der Waals surface area contributed by atoms with Gasteiger partial charge in [0.15, 0.2) is 5.78 Å². The zero-order valence-corrected chi connectivity index (χ0v) is 16.1. The smallest absolute Gasteiger partial charge is 0.306 e. The van der Waals surface area contributed by atoms with E-state index in [1.807, 2.05) is 36.4 Å². The fourth-order valence-corrected chi connectivity index (χ4v) is 7.01. The summed E-state index contributed by atoms with van der Waals surface area (Å²) in [6.07, 6.45) is 6.30. The molecule has 7 heteroatoms. The summed E-state index contributed by atoms with van der Waals surface area (Å²) in [5.74, 6) is 0.431. The summed E-state index contributed by atoms with van der Waals surface area (Å²) >= 11 is 0. The molecule has 3 rings (SSSR count). The molecule has 25 heavy (non-hydrogen) atoms. The number of rotatable bonds is 8. The van der Waals surface area contributed by atoms with Crippen molar-refractivity contribution in [3.63, 3.8) is 0 Å². The number of allylic oxidation sites excluding steroid dienone is 2. The van der Waals surface area contributed by atoms with E-state index < -0.39 is 0 Å². The largest absolute Gasteiger partial charge is 0.462 e. The highest BCUT2D eigenvalue weighted by atomic mass is 32.0. The van der Waals surface area contributed by atoms with Gasteiger partial charge in [-0.1, -0.05) is 36.4 Å². The van der Waals surface area contributed by atoms with Crippen molar-refractivity contribution in [2.24, 2.45) is 11.8 Å². The maximum absolute atomic E-state index is 12.2. The number of carbonyl (C=O) groups excluding carboxylic acids is 2. The third-order valence-corrected chi connectivity index (χ3v) is 8.53. The summed E-state index contributed by atoms with van der Waals surface area (Å²) < 4.78 is 5.43. The van der Waals surface area contributed by atoms with Gasteiger partial charge in [-0.15, -0.1) is 16.4 Å². The van der Waals surface area contributed by atoms with Crippen LogP contribution in [0.25, 0.3) is 0 Å². The van der Waals surface area contributed by atoms with Gasteiger partial charge in [-0.05, 0) is 36.1 Å². The molecule has 1 heterocycles. The monoisotopic (exact) mass is 376 g/mol. The molecule has 6 atom stereocenters. The molecular weight excluding hydrogens is 353 g/mol. The fraction of sp³-hybridized carbons (Fsp3) is 0.444. The van der Waals surface area contributed by atoms with Crippen molar-refractivity contribution in [2.45, 2.75) is 37.4 Å². The van der Waals surface area contributed by atoms with E-state index in [-0.39, 0.29) is 36.9 Å². The second-order valence-corrected chi connectivity index (χ2v) is 10.2. The van der Waals surface area contributed by atoms with E-state index in [1.54, 1.807) is 6.08 Å². The van der Waals surface area contributed by atoms with Gasteiger partial charge in [0, 0.05) is 12.3 Å². The molecular formula is C18H23BO4P2. The van der Waals surface area contributed by atoms with Crippen LogP contribution in [-0.4, -0.2) is 35.7 Å². The molecule has 1 N–H and O–H groups in total. The van der Waals surface area contributed by atoms with E-state index in [1.165, 1.54) is 5.56 Å². The average Bonchev–Trinajstić information content (AvgIpc) is 3.13. The molecule has 2 aliphatic rings. The van der Waals surface area contributed by atoms with E-state index >= 15 is 0 Å². The van der Waals surface area contributed by atoms with Crippen LogP contribution in [0.1, 0.15) is 24.8 Å². The van der Waals surface area contributed by atoms with Crippen LogP contribution in [-0.2, 0) is 20.7 Å². The molecule has 2 unspecified atom stereocenters. The first-order valence-corrected chi connectivity index (χ1v) is 12.0. The highest BCUT2D eigenvalue weighted by Gasteiger charge is 2.48. The molecule has 1 aromatic carbocycles. The topological polar surface area (TPSA) is 63.6 Å². The zero-order chi connectivity index (χ0) is 17.6. The van der Waals surface area contributed by atoms with Gasteiger partial charge in [0.2, 0.25) is 0 Å². The molecule has 1 aliphatic heterocycles. The molecule has 1 aliphatic carbocycles. The Balaban J connectivity index is 1.58. The number of fused-ring (bicyclic) bond motifs is 1. The van der Waals surface area contributed by atoms with E-state index in [0.29, 0.717) is 34.9 Å². The molecule has 2 fully saturated rings. The van der Waals surface area contributed by atoms with Crippen LogP contribution >= 0.6 is 16.4 Å². The third-order valence-electron chi connectivity index (χ3n) is 4.98. The summed E-state index contributed by atoms with van der Waals surface area (Å²) in [7, 11) is 1.43. The summed E-state index contributed by atoms with van der Waals surface area (Å²) in [4.78, 5) is 23.8. The number of benzene rings is 1. The van der Waals surface area contributed by atoms with Gasteiger partial charge in [-0.2, -0.15) is 0 Å². The van der Waals surface area contributed by atoms with Gasteiger partial charge < -0.3 is 9.76 Å². The molecule has 1 aromatic rings. The predicted molar refractivity (Wildman–Crippen MR) is 105 cm³/mol. The van der Waals surface area contributed by atoms with Crippen LogP contribution in [0.3, 0.4) is 0 Å². The number of hydrogen-bond donors (Lipinski definition) is 1. The van der Waals surface area contributed by atoms with Crippen molar-refractivity contribution in [1.29, 1.82) is 0 Å². The number of hydrogen-bond acceptors (Lipinski definition) is 4. The predicted octanol–water partition coefficient (Wildman–Crippen LogP) is 2.60. The minimum Gasteiger partial charge on any atom is -0.462 e. The number of ketones is 1. The molecule has 0 aromatic heterocycles. The number of aryl methyl sites for hydroxylation is 1. The quantitative estimate of drug-likeness (QED) is 0.328. The van der Waals surface area contributed by atoms with E-state index in [2.05, 4.69) is 0 Å². The Labute approximate surface area is 152 Å². The van der Waals surface area contributed by atoms with Crippen molar-refractivity contribution in [3.05, 3.63) is 48.0 Å². The molecule has 1 saturated heterocycles.